The summed E-state index contributed by atoms with van der Waals surface area (Å²) in [5.41, 5.74) is 0.466. The van der Waals surface area contributed by atoms with E-state index >= 15 is 0 Å². The Labute approximate surface area is 103 Å². The van der Waals surface area contributed by atoms with Gasteiger partial charge >= 0.3 is 5.63 Å². The molecule has 0 unspecified atom stereocenters. The first-order valence-corrected chi connectivity index (χ1v) is 6.08. The van der Waals surface area contributed by atoms with Gasteiger partial charge in [0, 0.05) is 12.1 Å². The van der Waals surface area contributed by atoms with Crippen molar-refractivity contribution < 1.29 is 14.0 Å². The number of imide groups is 1. The summed E-state index contributed by atoms with van der Waals surface area (Å²) in [6, 6.07) is 1.33. The molecule has 0 spiro atoms. The molecule has 2 heterocycles. The average Bonchev–Trinajstić information content (AvgIpc) is 2.19. The molecular weight excluding hydrogens is 234 g/mol. The summed E-state index contributed by atoms with van der Waals surface area (Å²) in [5, 5.41) is 0. The van der Waals surface area contributed by atoms with Crippen LogP contribution in [0.4, 0.5) is 0 Å². The van der Waals surface area contributed by atoms with Crippen LogP contribution in [0.15, 0.2) is 15.3 Å². The van der Waals surface area contributed by atoms with Gasteiger partial charge in [-0.05, 0) is 31.7 Å². The Bertz CT molecular complexity index is 597. The van der Waals surface area contributed by atoms with E-state index in [4.69, 9.17) is 4.42 Å². The zero-order valence-electron chi connectivity index (χ0n) is 10.1. The predicted molar refractivity (Wildman–Crippen MR) is 62.2 cm³/mol. The van der Waals surface area contributed by atoms with Crippen LogP contribution in [-0.2, 0) is 11.2 Å². The van der Waals surface area contributed by atoms with Crippen molar-refractivity contribution in [2.45, 2.75) is 38.6 Å². The van der Waals surface area contributed by atoms with Crippen LogP contribution in [0.5, 0.6) is 0 Å². The highest BCUT2D eigenvalue weighted by Crippen LogP contribution is 2.31. The molecule has 5 nitrogen and oxygen atoms in total. The molecule has 2 amide bonds. The fraction of sp³-hybridized carbons (Fsp3) is 0.462. The number of carbonyl (C=O) groups excluding carboxylic acids is 2. The van der Waals surface area contributed by atoms with Crippen molar-refractivity contribution in [3.05, 3.63) is 33.4 Å². The number of hydrogen-bond donors (Lipinski definition) is 0. The van der Waals surface area contributed by atoms with Gasteiger partial charge in [-0.2, -0.15) is 0 Å². The lowest BCUT2D eigenvalue weighted by molar-refractivity contribution is -0.132. The number of amides is 2. The molecule has 0 saturated heterocycles. The Hall–Kier alpha value is -1.91. The van der Waals surface area contributed by atoms with Crippen molar-refractivity contribution in [3.63, 3.8) is 0 Å². The molecule has 1 aliphatic carbocycles. The Morgan fingerprint density at radius 1 is 1.28 bits per heavy atom. The number of nitrogens with zero attached hydrogens (tertiary/aromatic N) is 1. The van der Waals surface area contributed by atoms with E-state index < -0.39 is 5.63 Å². The fourth-order valence-corrected chi connectivity index (χ4v) is 2.55. The van der Waals surface area contributed by atoms with Crippen molar-refractivity contribution >= 4 is 11.8 Å². The van der Waals surface area contributed by atoms with Gasteiger partial charge in [0.25, 0.3) is 5.91 Å². The van der Waals surface area contributed by atoms with Gasteiger partial charge in [0.15, 0.2) is 0 Å². The van der Waals surface area contributed by atoms with Gasteiger partial charge in [0.2, 0.25) is 5.91 Å². The molecule has 94 valence electrons. The predicted octanol–water partition coefficient (Wildman–Crippen LogP) is 1.03. The van der Waals surface area contributed by atoms with Crippen molar-refractivity contribution in [1.82, 2.24) is 4.90 Å². The van der Waals surface area contributed by atoms with Gasteiger partial charge in [-0.1, -0.05) is 0 Å². The van der Waals surface area contributed by atoms with Gasteiger partial charge in [0.05, 0.1) is 12.0 Å². The van der Waals surface area contributed by atoms with E-state index in [1.165, 1.54) is 11.0 Å². The van der Waals surface area contributed by atoms with Gasteiger partial charge in [-0.3, -0.25) is 14.5 Å². The maximum Gasteiger partial charge on any atom is 0.336 e. The van der Waals surface area contributed by atoms with Crippen molar-refractivity contribution in [1.29, 1.82) is 0 Å². The SMILES string of the molecule is Cc1cc(=O)oc2c1C(=O)N(C1CCC1)C(=O)C2. The molecular formula is C13H13NO4. The van der Waals surface area contributed by atoms with E-state index in [-0.39, 0.29) is 30.0 Å². The molecule has 1 saturated carbocycles. The van der Waals surface area contributed by atoms with Crippen LogP contribution in [0.25, 0.3) is 0 Å². The van der Waals surface area contributed by atoms with Crippen LogP contribution in [0.2, 0.25) is 0 Å². The molecule has 1 aromatic heterocycles. The monoisotopic (exact) mass is 247 g/mol. The molecule has 3 rings (SSSR count). The molecule has 2 aliphatic rings. The summed E-state index contributed by atoms with van der Waals surface area (Å²) in [7, 11) is 0. The van der Waals surface area contributed by atoms with Crippen LogP contribution in [0, 0.1) is 6.92 Å². The molecule has 0 atom stereocenters. The number of hydrogen-bond acceptors (Lipinski definition) is 4. The maximum atomic E-state index is 12.3. The summed E-state index contributed by atoms with van der Waals surface area (Å²) in [4.78, 5) is 36.9. The normalized spacial score (nSPS) is 19.7. The number of fused-ring (bicyclic) bond motifs is 1. The third-order valence-corrected chi connectivity index (χ3v) is 3.68. The number of rotatable bonds is 1. The molecule has 0 N–H and O–H groups in total. The average molecular weight is 247 g/mol. The summed E-state index contributed by atoms with van der Waals surface area (Å²) in [6.45, 7) is 1.70. The Balaban J connectivity index is 2.09. The lowest BCUT2D eigenvalue weighted by Gasteiger charge is -2.38. The molecule has 5 heteroatoms. The summed E-state index contributed by atoms with van der Waals surface area (Å²) in [6.07, 6.45) is 2.82. The summed E-state index contributed by atoms with van der Waals surface area (Å²) >= 11 is 0. The first-order valence-electron chi connectivity index (χ1n) is 6.08. The smallest absolute Gasteiger partial charge is 0.336 e. The lowest BCUT2D eigenvalue weighted by atomic mass is 9.88. The highest BCUT2D eigenvalue weighted by molar-refractivity contribution is 6.10. The van der Waals surface area contributed by atoms with Crippen molar-refractivity contribution in [3.8, 4) is 0 Å². The Morgan fingerprint density at radius 3 is 2.61 bits per heavy atom. The highest BCUT2D eigenvalue weighted by atomic mass is 16.4. The Morgan fingerprint density at radius 2 is 2.00 bits per heavy atom. The molecule has 1 aromatic rings. The first-order chi connectivity index (χ1) is 8.58. The third kappa shape index (κ3) is 1.50. The minimum Gasteiger partial charge on any atom is -0.426 e. The molecule has 18 heavy (non-hydrogen) atoms. The van der Waals surface area contributed by atoms with Gasteiger partial charge in [-0.25, -0.2) is 4.79 Å². The van der Waals surface area contributed by atoms with Crippen LogP contribution < -0.4 is 5.63 Å². The quantitative estimate of drug-likeness (QED) is 0.695. The molecule has 1 fully saturated rings. The summed E-state index contributed by atoms with van der Waals surface area (Å²) in [5.74, 6) is -0.358. The number of carbonyl (C=O) groups is 2. The largest absolute Gasteiger partial charge is 0.426 e. The van der Waals surface area contributed by atoms with E-state index in [0.29, 0.717) is 11.1 Å². The van der Waals surface area contributed by atoms with Crippen LogP contribution in [0.1, 0.15) is 40.9 Å². The lowest BCUT2D eigenvalue weighted by Crippen LogP contribution is -2.51. The molecule has 0 radical (unpaired) electrons. The molecule has 0 bridgehead atoms. The summed E-state index contributed by atoms with van der Waals surface area (Å²) < 4.78 is 4.98. The van der Waals surface area contributed by atoms with Gasteiger partial charge in [-0.15, -0.1) is 0 Å². The Kier molecular flexibility index (Phi) is 2.36. The number of aryl methyl sites for hydroxylation is 1. The third-order valence-electron chi connectivity index (χ3n) is 3.68. The maximum absolute atomic E-state index is 12.3. The minimum absolute atomic E-state index is 0.00843. The van der Waals surface area contributed by atoms with E-state index in [2.05, 4.69) is 0 Å². The first kappa shape index (κ1) is 11.2. The zero-order valence-corrected chi connectivity index (χ0v) is 10.1. The van der Waals surface area contributed by atoms with Crippen molar-refractivity contribution in [2.75, 3.05) is 0 Å². The second-order valence-corrected chi connectivity index (χ2v) is 4.88. The fourth-order valence-electron chi connectivity index (χ4n) is 2.55. The highest BCUT2D eigenvalue weighted by Gasteiger charge is 2.40. The van der Waals surface area contributed by atoms with Crippen LogP contribution in [0.3, 0.4) is 0 Å². The molecule has 0 aromatic carbocycles. The van der Waals surface area contributed by atoms with E-state index in [1.54, 1.807) is 6.92 Å². The topological polar surface area (TPSA) is 67.6 Å². The second-order valence-electron chi connectivity index (χ2n) is 4.88. The zero-order chi connectivity index (χ0) is 12.9. The molecule has 1 aliphatic heterocycles. The van der Waals surface area contributed by atoms with Gasteiger partial charge in [0.1, 0.15) is 5.76 Å². The van der Waals surface area contributed by atoms with Crippen LogP contribution >= 0.6 is 0 Å². The van der Waals surface area contributed by atoms with Crippen LogP contribution in [-0.4, -0.2) is 22.8 Å². The second kappa shape index (κ2) is 3.80. The van der Waals surface area contributed by atoms with E-state index in [9.17, 15) is 14.4 Å². The van der Waals surface area contributed by atoms with Crippen molar-refractivity contribution in [2.24, 2.45) is 0 Å². The van der Waals surface area contributed by atoms with E-state index in [0.717, 1.165) is 19.3 Å². The minimum atomic E-state index is -0.510. The standard InChI is InChI=1S/C13H13NO4/c1-7-5-11(16)18-9-6-10(15)14(8-3-2-4-8)13(17)12(7)9/h5,8H,2-4,6H2,1H3. The van der Waals surface area contributed by atoms with E-state index in [1.807, 2.05) is 0 Å². The van der Waals surface area contributed by atoms with Gasteiger partial charge < -0.3 is 4.42 Å².